The molecule has 1 amide bonds. The Morgan fingerprint density at radius 3 is 2.33 bits per heavy atom. The van der Waals surface area contributed by atoms with Crippen molar-refractivity contribution in [1.82, 2.24) is 4.98 Å². The van der Waals surface area contributed by atoms with E-state index in [0.29, 0.717) is 11.3 Å². The first kappa shape index (κ1) is 17.5. The molecule has 0 aliphatic carbocycles. The predicted molar refractivity (Wildman–Crippen MR) is 79.7 cm³/mol. The van der Waals surface area contributed by atoms with Crippen molar-refractivity contribution < 1.29 is 27.5 Å². The number of aromatic nitrogens is 1. The number of carbonyl (C=O) groups is 2. The van der Waals surface area contributed by atoms with Gasteiger partial charge in [0, 0.05) is 11.9 Å². The largest absolute Gasteiger partial charge is 0.465 e. The number of nitrogens with zero attached hydrogens (tertiary/aromatic N) is 1. The number of alkyl halides is 3. The van der Waals surface area contributed by atoms with E-state index in [1.807, 2.05) is 0 Å². The second-order valence-corrected chi connectivity index (χ2v) is 4.91. The molecule has 0 atom stereocenters. The fourth-order valence-corrected chi connectivity index (χ4v) is 1.89. The summed E-state index contributed by atoms with van der Waals surface area (Å²) in [6.45, 7) is 1.71. The van der Waals surface area contributed by atoms with Gasteiger partial charge in [-0.15, -0.1) is 0 Å². The van der Waals surface area contributed by atoms with Gasteiger partial charge in [0.1, 0.15) is 5.69 Å². The number of aryl methyl sites for hydroxylation is 1. The molecule has 1 aromatic heterocycles. The van der Waals surface area contributed by atoms with Crippen molar-refractivity contribution >= 4 is 17.6 Å². The molecule has 0 aliphatic rings. The van der Waals surface area contributed by atoms with Crippen molar-refractivity contribution in [2.75, 3.05) is 12.4 Å². The maximum absolute atomic E-state index is 12.5. The van der Waals surface area contributed by atoms with Gasteiger partial charge < -0.3 is 10.1 Å². The molecule has 0 spiro atoms. The number of halogens is 3. The zero-order valence-electron chi connectivity index (χ0n) is 12.8. The van der Waals surface area contributed by atoms with Crippen molar-refractivity contribution in [2.24, 2.45) is 0 Å². The van der Waals surface area contributed by atoms with Crippen LogP contribution in [-0.2, 0) is 10.9 Å². The van der Waals surface area contributed by atoms with Gasteiger partial charge in [0.2, 0.25) is 0 Å². The van der Waals surface area contributed by atoms with Crippen LogP contribution >= 0.6 is 0 Å². The highest BCUT2D eigenvalue weighted by Gasteiger charge is 2.32. The third-order valence-electron chi connectivity index (χ3n) is 3.22. The molecule has 126 valence electrons. The number of anilines is 1. The number of hydrogen-bond acceptors (Lipinski definition) is 4. The number of carbonyl (C=O) groups excluding carboxylic acids is 2. The zero-order chi connectivity index (χ0) is 17.9. The molecule has 0 unspecified atom stereocenters. The maximum Gasteiger partial charge on any atom is 0.433 e. The van der Waals surface area contributed by atoms with Gasteiger partial charge in [0.05, 0.1) is 18.2 Å². The first-order valence-electron chi connectivity index (χ1n) is 6.76. The Hall–Kier alpha value is -2.90. The minimum absolute atomic E-state index is 0.0362. The summed E-state index contributed by atoms with van der Waals surface area (Å²) >= 11 is 0. The molecule has 0 aliphatic heterocycles. The summed E-state index contributed by atoms with van der Waals surface area (Å²) in [7, 11) is 1.23. The highest BCUT2D eigenvalue weighted by molar-refractivity contribution is 6.05. The quantitative estimate of drug-likeness (QED) is 0.871. The molecular weight excluding hydrogens is 325 g/mol. The molecule has 0 radical (unpaired) electrons. The average molecular weight is 338 g/mol. The molecule has 2 aromatic rings. The topological polar surface area (TPSA) is 68.3 Å². The van der Waals surface area contributed by atoms with E-state index in [9.17, 15) is 22.8 Å². The predicted octanol–water partition coefficient (Wildman–Crippen LogP) is 3.45. The first-order valence-corrected chi connectivity index (χ1v) is 6.76. The minimum Gasteiger partial charge on any atom is -0.465 e. The smallest absolute Gasteiger partial charge is 0.433 e. The highest BCUT2D eigenvalue weighted by atomic mass is 19.4. The van der Waals surface area contributed by atoms with Gasteiger partial charge in [-0.2, -0.15) is 13.2 Å². The van der Waals surface area contributed by atoms with Crippen LogP contribution in [0, 0.1) is 6.92 Å². The lowest BCUT2D eigenvalue weighted by Gasteiger charge is -2.10. The Balaban J connectivity index is 2.22. The molecule has 0 fully saturated rings. The van der Waals surface area contributed by atoms with Crippen molar-refractivity contribution in [3.05, 3.63) is 58.9 Å². The number of benzene rings is 1. The third kappa shape index (κ3) is 3.89. The molecule has 0 saturated heterocycles. The maximum atomic E-state index is 12.5. The molecule has 1 N–H and O–H groups in total. The first-order chi connectivity index (χ1) is 11.2. The Bertz CT molecular complexity index is 771. The molecule has 2 rings (SSSR count). The number of pyridine rings is 1. The zero-order valence-corrected chi connectivity index (χ0v) is 12.8. The average Bonchev–Trinajstić information content (AvgIpc) is 2.55. The van der Waals surface area contributed by atoms with Gasteiger partial charge in [-0.1, -0.05) is 6.07 Å². The van der Waals surface area contributed by atoms with Gasteiger partial charge in [-0.05, 0) is 36.8 Å². The normalized spacial score (nSPS) is 11.0. The van der Waals surface area contributed by atoms with E-state index in [2.05, 4.69) is 15.0 Å². The summed E-state index contributed by atoms with van der Waals surface area (Å²) in [4.78, 5) is 26.9. The summed E-state index contributed by atoms with van der Waals surface area (Å²) in [6.07, 6.45) is -3.72. The van der Waals surface area contributed by atoms with Crippen molar-refractivity contribution in [2.45, 2.75) is 13.1 Å². The van der Waals surface area contributed by atoms with E-state index in [-0.39, 0.29) is 11.1 Å². The Labute approximate surface area is 135 Å². The van der Waals surface area contributed by atoms with E-state index in [0.717, 1.165) is 18.3 Å². The lowest BCUT2D eigenvalue weighted by molar-refractivity contribution is -0.141. The Morgan fingerprint density at radius 2 is 1.79 bits per heavy atom. The number of hydrogen-bond donors (Lipinski definition) is 1. The van der Waals surface area contributed by atoms with E-state index >= 15 is 0 Å². The SMILES string of the molecule is COC(=O)c1ccc(C)c(NC(=O)c2ccc(C(F)(F)F)nc2)c1. The third-order valence-corrected chi connectivity index (χ3v) is 3.22. The van der Waals surface area contributed by atoms with E-state index in [1.165, 1.54) is 19.2 Å². The number of amides is 1. The number of rotatable bonds is 3. The monoisotopic (exact) mass is 338 g/mol. The van der Waals surface area contributed by atoms with Crippen LogP contribution in [-0.4, -0.2) is 24.0 Å². The highest BCUT2D eigenvalue weighted by Crippen LogP contribution is 2.27. The van der Waals surface area contributed by atoms with Crippen LogP contribution in [0.5, 0.6) is 0 Å². The van der Waals surface area contributed by atoms with Crippen LogP contribution in [0.25, 0.3) is 0 Å². The van der Waals surface area contributed by atoms with E-state index < -0.39 is 23.7 Å². The van der Waals surface area contributed by atoms with Gasteiger partial charge in [-0.25, -0.2) is 4.79 Å². The summed E-state index contributed by atoms with van der Waals surface area (Å²) in [5.41, 5.74) is 0.149. The fraction of sp³-hybridized carbons (Fsp3) is 0.188. The molecule has 24 heavy (non-hydrogen) atoms. The van der Waals surface area contributed by atoms with Gasteiger partial charge in [0.15, 0.2) is 0 Å². The summed E-state index contributed by atoms with van der Waals surface area (Å²) in [5.74, 6) is -1.21. The number of esters is 1. The molecule has 8 heteroatoms. The second kappa shape index (κ2) is 6.69. The van der Waals surface area contributed by atoms with Gasteiger partial charge >= 0.3 is 12.1 Å². The summed E-state index contributed by atoms with van der Waals surface area (Å²) in [5, 5.41) is 2.54. The minimum atomic E-state index is -4.57. The molecule has 5 nitrogen and oxygen atoms in total. The van der Waals surface area contributed by atoms with Crippen LogP contribution in [0.4, 0.5) is 18.9 Å². The van der Waals surface area contributed by atoms with Crippen LogP contribution in [0.2, 0.25) is 0 Å². The second-order valence-electron chi connectivity index (χ2n) is 4.91. The van der Waals surface area contributed by atoms with Gasteiger partial charge in [0.25, 0.3) is 5.91 Å². The molecule has 0 bridgehead atoms. The number of nitrogens with one attached hydrogen (secondary N) is 1. The molecule has 0 saturated carbocycles. The van der Waals surface area contributed by atoms with E-state index in [4.69, 9.17) is 0 Å². The van der Waals surface area contributed by atoms with Gasteiger partial charge in [-0.3, -0.25) is 9.78 Å². The van der Waals surface area contributed by atoms with E-state index in [1.54, 1.807) is 13.0 Å². The van der Waals surface area contributed by atoms with Crippen LogP contribution in [0.3, 0.4) is 0 Å². The van der Waals surface area contributed by atoms with Crippen LogP contribution < -0.4 is 5.32 Å². The number of ether oxygens (including phenoxy) is 1. The molecule has 1 aromatic carbocycles. The molecular formula is C16H13F3N2O3. The number of methoxy groups -OCH3 is 1. The standard InChI is InChI=1S/C16H13F3N2O3/c1-9-3-4-10(15(23)24-2)7-12(9)21-14(22)11-5-6-13(20-8-11)16(17,18)19/h3-8H,1-2H3,(H,21,22). The van der Waals surface area contributed by atoms with Crippen molar-refractivity contribution in [3.8, 4) is 0 Å². The fourth-order valence-electron chi connectivity index (χ4n) is 1.89. The van der Waals surface area contributed by atoms with Crippen LogP contribution in [0.1, 0.15) is 32.0 Å². The Kier molecular flexibility index (Phi) is 4.87. The lowest BCUT2D eigenvalue weighted by Crippen LogP contribution is -2.15. The van der Waals surface area contributed by atoms with Crippen molar-refractivity contribution in [1.29, 1.82) is 0 Å². The molecule has 1 heterocycles. The summed E-state index contributed by atoms with van der Waals surface area (Å²) < 4.78 is 42.0. The van der Waals surface area contributed by atoms with Crippen LogP contribution in [0.15, 0.2) is 36.5 Å². The Morgan fingerprint density at radius 1 is 1.12 bits per heavy atom. The van der Waals surface area contributed by atoms with Crippen molar-refractivity contribution in [3.63, 3.8) is 0 Å². The summed E-state index contributed by atoms with van der Waals surface area (Å²) in [6, 6.07) is 6.34. The lowest BCUT2D eigenvalue weighted by atomic mass is 10.1.